The van der Waals surface area contributed by atoms with Gasteiger partial charge in [-0.25, -0.2) is 0 Å². The van der Waals surface area contributed by atoms with Crippen LogP contribution >= 0.6 is 0 Å². The molecule has 1 aromatic heterocycles. The maximum absolute atomic E-state index is 5.48. The molecule has 0 unspecified atom stereocenters. The second kappa shape index (κ2) is 5.02. The van der Waals surface area contributed by atoms with Crippen molar-refractivity contribution in [3.05, 3.63) is 67.3 Å². The predicted molar refractivity (Wildman–Crippen MR) is 79.4 cm³/mol. The van der Waals surface area contributed by atoms with Gasteiger partial charge in [-0.05, 0) is 42.0 Å². The molecule has 3 rings (SSSR count). The van der Waals surface area contributed by atoms with E-state index in [0.717, 1.165) is 22.5 Å². The summed E-state index contributed by atoms with van der Waals surface area (Å²) in [6.45, 7) is 4.17. The lowest BCUT2D eigenvalue weighted by Crippen LogP contribution is -1.92. The Morgan fingerprint density at radius 3 is 2.58 bits per heavy atom. The number of aromatic nitrogens is 1. The van der Waals surface area contributed by atoms with Gasteiger partial charge in [0.15, 0.2) is 0 Å². The van der Waals surface area contributed by atoms with Gasteiger partial charge in [-0.3, -0.25) is 0 Å². The Labute approximate surface area is 112 Å². The van der Waals surface area contributed by atoms with Crippen molar-refractivity contribution in [3.8, 4) is 17.0 Å². The van der Waals surface area contributed by atoms with E-state index in [1.54, 1.807) is 6.08 Å². The molecule has 2 nitrogen and oxygen atoms in total. The highest BCUT2D eigenvalue weighted by Gasteiger charge is 2.02. The molecule has 94 valence electrons. The van der Waals surface area contributed by atoms with Crippen LogP contribution in [0.2, 0.25) is 0 Å². The van der Waals surface area contributed by atoms with Gasteiger partial charge < -0.3 is 9.72 Å². The fourth-order valence-corrected chi connectivity index (χ4v) is 2.11. The molecule has 19 heavy (non-hydrogen) atoms. The number of para-hydroxylation sites is 1. The molecule has 0 spiro atoms. The van der Waals surface area contributed by atoms with Crippen molar-refractivity contribution in [1.82, 2.24) is 4.98 Å². The minimum atomic E-state index is 0.533. The lowest BCUT2D eigenvalue weighted by atomic mass is 10.1. The van der Waals surface area contributed by atoms with E-state index in [0.29, 0.717) is 6.61 Å². The number of rotatable bonds is 4. The highest BCUT2D eigenvalue weighted by Crippen LogP contribution is 2.25. The van der Waals surface area contributed by atoms with Gasteiger partial charge in [0, 0.05) is 16.6 Å². The Morgan fingerprint density at radius 1 is 1.05 bits per heavy atom. The maximum Gasteiger partial charge on any atom is 0.119 e. The van der Waals surface area contributed by atoms with Crippen molar-refractivity contribution >= 4 is 10.9 Å². The highest BCUT2D eigenvalue weighted by molar-refractivity contribution is 5.85. The lowest BCUT2D eigenvalue weighted by Gasteiger charge is -2.03. The van der Waals surface area contributed by atoms with E-state index in [4.69, 9.17) is 4.74 Å². The van der Waals surface area contributed by atoms with Crippen molar-refractivity contribution in [2.45, 2.75) is 0 Å². The summed E-state index contributed by atoms with van der Waals surface area (Å²) in [5.74, 6) is 0.861. The van der Waals surface area contributed by atoms with E-state index < -0.39 is 0 Å². The topological polar surface area (TPSA) is 25.0 Å². The second-order valence-electron chi connectivity index (χ2n) is 4.39. The summed E-state index contributed by atoms with van der Waals surface area (Å²) in [6, 6.07) is 18.5. The van der Waals surface area contributed by atoms with Crippen molar-refractivity contribution in [2.75, 3.05) is 6.61 Å². The van der Waals surface area contributed by atoms with Gasteiger partial charge in [-0.2, -0.15) is 0 Å². The Kier molecular flexibility index (Phi) is 3.07. The third-order valence-corrected chi connectivity index (χ3v) is 3.06. The Bertz CT molecular complexity index is 662. The van der Waals surface area contributed by atoms with E-state index in [9.17, 15) is 0 Å². The Morgan fingerprint density at radius 2 is 1.84 bits per heavy atom. The molecule has 0 aliphatic rings. The molecule has 2 aromatic carbocycles. The Balaban J connectivity index is 1.90. The smallest absolute Gasteiger partial charge is 0.119 e. The average molecular weight is 249 g/mol. The number of H-pyrrole nitrogens is 1. The van der Waals surface area contributed by atoms with E-state index >= 15 is 0 Å². The molecule has 1 N–H and O–H groups in total. The van der Waals surface area contributed by atoms with Crippen LogP contribution in [0.3, 0.4) is 0 Å². The van der Waals surface area contributed by atoms with Crippen molar-refractivity contribution in [3.63, 3.8) is 0 Å². The fourth-order valence-electron chi connectivity index (χ4n) is 2.11. The van der Waals surface area contributed by atoms with Crippen LogP contribution in [0.5, 0.6) is 5.75 Å². The minimum absolute atomic E-state index is 0.533. The van der Waals surface area contributed by atoms with Crippen molar-refractivity contribution in [1.29, 1.82) is 0 Å². The number of hydrogen-bond donors (Lipinski definition) is 1. The summed E-state index contributed by atoms with van der Waals surface area (Å²) in [7, 11) is 0. The molecule has 0 saturated carbocycles. The van der Waals surface area contributed by atoms with E-state index in [1.807, 2.05) is 24.3 Å². The number of fused-ring (bicyclic) bond motifs is 1. The molecule has 1 heterocycles. The predicted octanol–water partition coefficient (Wildman–Crippen LogP) is 4.40. The summed E-state index contributed by atoms with van der Waals surface area (Å²) < 4.78 is 5.48. The molecule has 0 radical (unpaired) electrons. The first kappa shape index (κ1) is 11.6. The number of nitrogens with one attached hydrogen (secondary N) is 1. The number of aromatic amines is 1. The van der Waals surface area contributed by atoms with Crippen LogP contribution in [0.4, 0.5) is 0 Å². The molecule has 0 atom stereocenters. The zero-order valence-electron chi connectivity index (χ0n) is 10.6. The standard InChI is InChI=1S/C17H15NO/c1-2-11-19-15-9-7-13(8-10-15)17-12-14-5-3-4-6-16(14)18-17/h2-10,12,18H,1,11H2. The van der Waals surface area contributed by atoms with Crippen molar-refractivity contribution in [2.24, 2.45) is 0 Å². The average Bonchev–Trinajstić information content (AvgIpc) is 2.89. The molecular formula is C17H15NO. The van der Waals surface area contributed by atoms with Crippen LogP contribution in [-0.4, -0.2) is 11.6 Å². The first-order valence-corrected chi connectivity index (χ1v) is 6.29. The second-order valence-corrected chi connectivity index (χ2v) is 4.39. The lowest BCUT2D eigenvalue weighted by molar-refractivity contribution is 0.363. The van der Waals surface area contributed by atoms with E-state index in [1.165, 1.54) is 5.39 Å². The summed E-state index contributed by atoms with van der Waals surface area (Å²) >= 11 is 0. The van der Waals surface area contributed by atoms with Gasteiger partial charge in [0.1, 0.15) is 12.4 Å². The summed E-state index contributed by atoms with van der Waals surface area (Å²) in [5, 5.41) is 1.23. The molecule has 3 aromatic rings. The van der Waals surface area contributed by atoms with Crippen LogP contribution in [0.15, 0.2) is 67.3 Å². The third kappa shape index (κ3) is 2.38. The molecule has 2 heteroatoms. The van der Waals surface area contributed by atoms with Crippen molar-refractivity contribution < 1.29 is 4.74 Å². The largest absolute Gasteiger partial charge is 0.490 e. The van der Waals surface area contributed by atoms with Crippen LogP contribution in [0.1, 0.15) is 0 Å². The van der Waals surface area contributed by atoms with E-state index in [2.05, 4.69) is 41.9 Å². The van der Waals surface area contributed by atoms with Gasteiger partial charge in [0.2, 0.25) is 0 Å². The van der Waals surface area contributed by atoms with E-state index in [-0.39, 0.29) is 0 Å². The summed E-state index contributed by atoms with van der Waals surface area (Å²) in [6.07, 6.45) is 1.74. The third-order valence-electron chi connectivity index (χ3n) is 3.06. The first-order valence-electron chi connectivity index (χ1n) is 6.29. The maximum atomic E-state index is 5.48. The van der Waals surface area contributed by atoms with Crippen LogP contribution in [0.25, 0.3) is 22.2 Å². The SMILES string of the molecule is C=CCOc1ccc(-c2cc3ccccc3[nH]2)cc1. The fraction of sp³-hybridized carbons (Fsp3) is 0.0588. The van der Waals surface area contributed by atoms with Crippen LogP contribution in [0, 0.1) is 0 Å². The molecule has 0 bridgehead atoms. The molecule has 0 aliphatic heterocycles. The molecule has 0 amide bonds. The number of benzene rings is 2. The van der Waals surface area contributed by atoms with Gasteiger partial charge in [-0.1, -0.05) is 30.9 Å². The summed E-state index contributed by atoms with van der Waals surface area (Å²) in [5.41, 5.74) is 3.43. The number of hydrogen-bond acceptors (Lipinski definition) is 1. The first-order chi connectivity index (χ1) is 9.36. The minimum Gasteiger partial charge on any atom is -0.490 e. The van der Waals surface area contributed by atoms with Crippen LogP contribution in [-0.2, 0) is 0 Å². The molecule has 0 aliphatic carbocycles. The monoisotopic (exact) mass is 249 g/mol. The van der Waals surface area contributed by atoms with Gasteiger partial charge >= 0.3 is 0 Å². The van der Waals surface area contributed by atoms with Gasteiger partial charge in [-0.15, -0.1) is 0 Å². The zero-order valence-corrected chi connectivity index (χ0v) is 10.6. The quantitative estimate of drug-likeness (QED) is 0.681. The summed E-state index contributed by atoms with van der Waals surface area (Å²) in [4.78, 5) is 3.42. The van der Waals surface area contributed by atoms with Crippen LogP contribution < -0.4 is 4.74 Å². The zero-order chi connectivity index (χ0) is 13.1. The molecular weight excluding hydrogens is 234 g/mol. The molecule has 0 saturated heterocycles. The number of ether oxygens (including phenoxy) is 1. The highest BCUT2D eigenvalue weighted by atomic mass is 16.5. The molecule has 0 fully saturated rings. The Hall–Kier alpha value is -2.48. The normalized spacial score (nSPS) is 10.5. The van der Waals surface area contributed by atoms with Gasteiger partial charge in [0.05, 0.1) is 0 Å². The van der Waals surface area contributed by atoms with Gasteiger partial charge in [0.25, 0.3) is 0 Å².